The van der Waals surface area contributed by atoms with Gasteiger partial charge in [0, 0.05) is 23.7 Å². The average molecular weight is 261 g/mol. The molecule has 0 spiro atoms. The molecule has 0 bridgehead atoms. The Hall–Kier alpha value is -2.06. The smallest absolute Gasteiger partial charge is 0.224 e. The molecule has 0 aromatic heterocycles. The van der Waals surface area contributed by atoms with Crippen LogP contribution in [0.15, 0.2) is 24.3 Å². The highest BCUT2D eigenvalue weighted by molar-refractivity contribution is 5.90. The number of amides is 1. The lowest BCUT2D eigenvalue weighted by atomic mass is 10.00. The van der Waals surface area contributed by atoms with E-state index < -0.39 is 0 Å². The van der Waals surface area contributed by atoms with E-state index in [9.17, 15) is 4.79 Å². The van der Waals surface area contributed by atoms with Crippen LogP contribution in [0.3, 0.4) is 0 Å². The molecule has 19 heavy (non-hydrogen) atoms. The molecule has 0 heterocycles. The molecule has 1 amide bonds. The van der Waals surface area contributed by atoms with Crippen LogP contribution in [0.2, 0.25) is 0 Å². The molecule has 1 rings (SSSR count). The van der Waals surface area contributed by atoms with Crippen molar-refractivity contribution in [1.82, 2.24) is 0 Å². The number of nitriles is 1. The Kier molecular flexibility index (Phi) is 5.34. The van der Waals surface area contributed by atoms with Crippen molar-refractivity contribution < 1.29 is 9.53 Å². The predicted octanol–water partition coefficient (Wildman–Crippen LogP) is 2.04. The van der Waals surface area contributed by atoms with Gasteiger partial charge in [-0.1, -0.05) is 6.07 Å². The lowest BCUT2D eigenvalue weighted by Crippen LogP contribution is -2.33. The van der Waals surface area contributed by atoms with Crippen LogP contribution in [-0.2, 0) is 4.79 Å². The lowest BCUT2D eigenvalue weighted by Gasteiger charge is -2.17. The highest BCUT2D eigenvalue weighted by Crippen LogP contribution is 2.18. The number of carbonyl (C=O) groups excluding carboxylic acids is 1. The van der Waals surface area contributed by atoms with E-state index in [2.05, 4.69) is 5.32 Å². The van der Waals surface area contributed by atoms with Gasteiger partial charge in [0.15, 0.2) is 6.61 Å². The van der Waals surface area contributed by atoms with Gasteiger partial charge in [0.1, 0.15) is 11.8 Å². The highest BCUT2D eigenvalue weighted by Gasteiger charge is 2.13. The molecule has 0 saturated heterocycles. The number of hydrogen-bond donors (Lipinski definition) is 2. The number of ether oxygens (including phenoxy) is 1. The van der Waals surface area contributed by atoms with Gasteiger partial charge < -0.3 is 15.8 Å². The maximum Gasteiger partial charge on any atom is 0.224 e. The summed E-state index contributed by atoms with van der Waals surface area (Å²) in [4.78, 5) is 11.7. The zero-order valence-corrected chi connectivity index (χ0v) is 11.3. The van der Waals surface area contributed by atoms with Crippen LogP contribution >= 0.6 is 0 Å². The van der Waals surface area contributed by atoms with E-state index in [0.29, 0.717) is 24.3 Å². The number of nitrogens with one attached hydrogen (secondary N) is 1. The van der Waals surface area contributed by atoms with E-state index in [4.69, 9.17) is 15.7 Å². The van der Waals surface area contributed by atoms with Crippen LogP contribution in [0.25, 0.3) is 0 Å². The topological polar surface area (TPSA) is 88.1 Å². The van der Waals surface area contributed by atoms with Crippen molar-refractivity contribution in [2.24, 2.45) is 5.73 Å². The van der Waals surface area contributed by atoms with E-state index in [1.807, 2.05) is 19.9 Å². The van der Waals surface area contributed by atoms with Gasteiger partial charge in [0.05, 0.1) is 0 Å². The van der Waals surface area contributed by atoms with E-state index in [0.717, 1.165) is 0 Å². The lowest BCUT2D eigenvalue weighted by molar-refractivity contribution is -0.116. The zero-order chi connectivity index (χ0) is 14.3. The molecule has 0 unspecified atom stereocenters. The molecule has 1 aromatic carbocycles. The molecule has 1 aromatic rings. The molecular formula is C14H19N3O2. The third-order valence-electron chi connectivity index (χ3n) is 2.42. The fraction of sp³-hybridized carbons (Fsp3) is 0.429. The SMILES string of the molecule is CC(C)(N)CCC(=O)Nc1cccc(OCC#N)c1. The number of anilines is 1. The monoisotopic (exact) mass is 261 g/mol. The number of rotatable bonds is 6. The Bertz CT molecular complexity index is 472. The number of benzene rings is 1. The third-order valence-corrected chi connectivity index (χ3v) is 2.42. The number of nitrogens with two attached hydrogens (primary N) is 1. The Morgan fingerprint density at radius 2 is 2.26 bits per heavy atom. The quantitative estimate of drug-likeness (QED) is 0.820. The standard InChI is InChI=1S/C14H19N3O2/c1-14(2,16)7-6-13(18)17-11-4-3-5-12(10-11)19-9-8-15/h3-5,10H,6-7,9,16H2,1-2H3,(H,17,18). The first kappa shape index (κ1) is 15.0. The summed E-state index contributed by atoms with van der Waals surface area (Å²) in [5, 5.41) is 11.2. The molecule has 5 heteroatoms. The van der Waals surface area contributed by atoms with E-state index in [1.54, 1.807) is 24.3 Å². The van der Waals surface area contributed by atoms with Gasteiger partial charge in [-0.25, -0.2) is 0 Å². The second-order valence-corrected chi connectivity index (χ2v) is 5.01. The Labute approximate surface area is 113 Å². The summed E-state index contributed by atoms with van der Waals surface area (Å²) in [6.45, 7) is 3.76. The van der Waals surface area contributed by atoms with Gasteiger partial charge in [-0.2, -0.15) is 5.26 Å². The largest absolute Gasteiger partial charge is 0.479 e. The molecule has 0 aliphatic rings. The van der Waals surface area contributed by atoms with Crippen molar-refractivity contribution in [3.8, 4) is 11.8 Å². The van der Waals surface area contributed by atoms with Gasteiger partial charge in [-0.05, 0) is 32.4 Å². The Balaban J connectivity index is 2.52. The van der Waals surface area contributed by atoms with Crippen LogP contribution in [0, 0.1) is 11.3 Å². The van der Waals surface area contributed by atoms with E-state index in [1.165, 1.54) is 0 Å². The second kappa shape index (κ2) is 6.76. The first-order valence-corrected chi connectivity index (χ1v) is 6.09. The van der Waals surface area contributed by atoms with Crippen molar-refractivity contribution in [2.45, 2.75) is 32.2 Å². The van der Waals surface area contributed by atoms with Gasteiger partial charge in [-0.15, -0.1) is 0 Å². The van der Waals surface area contributed by atoms with Crippen LogP contribution < -0.4 is 15.8 Å². The third kappa shape index (κ3) is 6.43. The highest BCUT2D eigenvalue weighted by atomic mass is 16.5. The Morgan fingerprint density at radius 3 is 2.89 bits per heavy atom. The van der Waals surface area contributed by atoms with Crippen molar-refractivity contribution in [2.75, 3.05) is 11.9 Å². The van der Waals surface area contributed by atoms with Gasteiger partial charge in [-0.3, -0.25) is 4.79 Å². The summed E-state index contributed by atoms with van der Waals surface area (Å²) in [6.07, 6.45) is 0.982. The van der Waals surface area contributed by atoms with E-state index >= 15 is 0 Å². The molecule has 0 saturated carbocycles. The van der Waals surface area contributed by atoms with Crippen LogP contribution in [-0.4, -0.2) is 18.1 Å². The van der Waals surface area contributed by atoms with Crippen molar-refractivity contribution in [3.63, 3.8) is 0 Å². The maximum absolute atomic E-state index is 11.7. The summed E-state index contributed by atoms with van der Waals surface area (Å²) < 4.78 is 5.16. The summed E-state index contributed by atoms with van der Waals surface area (Å²) in [5.41, 5.74) is 6.12. The van der Waals surface area contributed by atoms with Crippen molar-refractivity contribution >= 4 is 11.6 Å². The van der Waals surface area contributed by atoms with Crippen LogP contribution in [0.1, 0.15) is 26.7 Å². The molecule has 0 atom stereocenters. The average Bonchev–Trinajstić information content (AvgIpc) is 2.33. The normalized spacial score (nSPS) is 10.6. The Morgan fingerprint density at radius 1 is 1.53 bits per heavy atom. The minimum Gasteiger partial charge on any atom is -0.479 e. The molecule has 102 valence electrons. The molecular weight excluding hydrogens is 242 g/mol. The minimum absolute atomic E-state index is 0.0151. The van der Waals surface area contributed by atoms with Crippen molar-refractivity contribution in [3.05, 3.63) is 24.3 Å². The molecule has 0 radical (unpaired) electrons. The minimum atomic E-state index is -0.352. The zero-order valence-electron chi connectivity index (χ0n) is 11.3. The molecule has 0 fully saturated rings. The number of hydrogen-bond acceptors (Lipinski definition) is 4. The molecule has 5 nitrogen and oxygen atoms in total. The van der Waals surface area contributed by atoms with Crippen molar-refractivity contribution in [1.29, 1.82) is 5.26 Å². The molecule has 0 aliphatic carbocycles. The first-order valence-electron chi connectivity index (χ1n) is 6.09. The maximum atomic E-state index is 11.7. The van der Waals surface area contributed by atoms with Gasteiger partial charge in [0.25, 0.3) is 0 Å². The fourth-order valence-electron chi connectivity index (χ4n) is 1.44. The molecule has 0 aliphatic heterocycles. The first-order chi connectivity index (χ1) is 8.90. The van der Waals surface area contributed by atoms with Gasteiger partial charge >= 0.3 is 0 Å². The van der Waals surface area contributed by atoms with Crippen LogP contribution in [0.4, 0.5) is 5.69 Å². The summed E-state index contributed by atoms with van der Waals surface area (Å²) >= 11 is 0. The summed E-state index contributed by atoms with van der Waals surface area (Å²) in [7, 11) is 0. The fourth-order valence-corrected chi connectivity index (χ4v) is 1.44. The predicted molar refractivity (Wildman–Crippen MR) is 73.7 cm³/mol. The second-order valence-electron chi connectivity index (χ2n) is 5.01. The number of nitrogens with zero attached hydrogens (tertiary/aromatic N) is 1. The van der Waals surface area contributed by atoms with Crippen LogP contribution in [0.5, 0.6) is 5.75 Å². The van der Waals surface area contributed by atoms with Gasteiger partial charge in [0.2, 0.25) is 5.91 Å². The summed E-state index contributed by atoms with van der Waals surface area (Å²) in [5.74, 6) is 0.467. The summed E-state index contributed by atoms with van der Waals surface area (Å²) in [6, 6.07) is 8.83. The number of carbonyl (C=O) groups is 1. The van der Waals surface area contributed by atoms with E-state index in [-0.39, 0.29) is 18.1 Å². The molecule has 3 N–H and O–H groups in total.